The SMILES string of the molecule is COCCCCCNC(=O)c1cc(I)ccc1Br. The van der Waals surface area contributed by atoms with Crippen molar-refractivity contribution in [2.45, 2.75) is 19.3 Å². The molecule has 0 aliphatic rings. The topological polar surface area (TPSA) is 38.3 Å². The van der Waals surface area contributed by atoms with E-state index < -0.39 is 0 Å². The van der Waals surface area contributed by atoms with Crippen LogP contribution >= 0.6 is 38.5 Å². The highest BCUT2D eigenvalue weighted by molar-refractivity contribution is 14.1. The van der Waals surface area contributed by atoms with Gasteiger partial charge < -0.3 is 10.1 Å². The number of hydrogen-bond acceptors (Lipinski definition) is 2. The Morgan fingerprint density at radius 2 is 2.17 bits per heavy atom. The molecule has 0 aromatic heterocycles. The van der Waals surface area contributed by atoms with Gasteiger partial charge in [-0.25, -0.2) is 0 Å². The van der Waals surface area contributed by atoms with Crippen molar-refractivity contribution in [1.29, 1.82) is 0 Å². The number of hydrogen-bond donors (Lipinski definition) is 1. The molecule has 0 heterocycles. The van der Waals surface area contributed by atoms with Crippen LogP contribution in [-0.4, -0.2) is 26.2 Å². The van der Waals surface area contributed by atoms with Gasteiger partial charge in [-0.15, -0.1) is 0 Å². The zero-order valence-electron chi connectivity index (χ0n) is 10.3. The molecule has 1 aromatic rings. The van der Waals surface area contributed by atoms with Crippen LogP contribution < -0.4 is 5.32 Å². The lowest BCUT2D eigenvalue weighted by atomic mass is 10.2. The molecule has 3 nitrogen and oxygen atoms in total. The van der Waals surface area contributed by atoms with Gasteiger partial charge in [0.25, 0.3) is 5.91 Å². The second-order valence-electron chi connectivity index (χ2n) is 3.93. The Kier molecular flexibility index (Phi) is 7.85. The Morgan fingerprint density at radius 3 is 2.89 bits per heavy atom. The maximum atomic E-state index is 11.9. The number of amides is 1. The molecule has 0 bridgehead atoms. The third-order valence-electron chi connectivity index (χ3n) is 2.48. The summed E-state index contributed by atoms with van der Waals surface area (Å²) in [5.74, 6) is -0.0212. The number of carbonyl (C=O) groups is 1. The van der Waals surface area contributed by atoms with Crippen molar-refractivity contribution < 1.29 is 9.53 Å². The number of benzene rings is 1. The third kappa shape index (κ3) is 5.67. The van der Waals surface area contributed by atoms with Gasteiger partial charge >= 0.3 is 0 Å². The van der Waals surface area contributed by atoms with E-state index in [9.17, 15) is 4.79 Å². The maximum absolute atomic E-state index is 11.9. The summed E-state index contributed by atoms with van der Waals surface area (Å²) in [6.07, 6.45) is 3.09. The van der Waals surface area contributed by atoms with E-state index in [1.807, 2.05) is 18.2 Å². The van der Waals surface area contributed by atoms with Gasteiger partial charge in [-0.05, 0) is 76.0 Å². The Labute approximate surface area is 130 Å². The van der Waals surface area contributed by atoms with Crippen LogP contribution in [-0.2, 0) is 4.74 Å². The van der Waals surface area contributed by atoms with E-state index in [2.05, 4.69) is 43.8 Å². The summed E-state index contributed by atoms with van der Waals surface area (Å²) in [4.78, 5) is 11.9. The van der Waals surface area contributed by atoms with Crippen molar-refractivity contribution in [3.8, 4) is 0 Å². The van der Waals surface area contributed by atoms with Gasteiger partial charge in [-0.2, -0.15) is 0 Å². The summed E-state index contributed by atoms with van der Waals surface area (Å²) in [6, 6.07) is 5.74. The molecule has 1 N–H and O–H groups in total. The fourth-order valence-corrected chi connectivity index (χ4v) is 2.43. The first kappa shape index (κ1) is 15.9. The number of halogens is 2. The molecule has 0 spiro atoms. The Hall–Kier alpha value is -0.140. The first-order valence-corrected chi connectivity index (χ1v) is 7.74. The van der Waals surface area contributed by atoms with Crippen molar-refractivity contribution in [3.63, 3.8) is 0 Å². The molecule has 0 fully saturated rings. The van der Waals surface area contributed by atoms with Crippen LogP contribution in [0, 0.1) is 3.57 Å². The molecule has 0 aliphatic carbocycles. The molecule has 18 heavy (non-hydrogen) atoms. The predicted octanol–water partition coefficient (Wildman–Crippen LogP) is 3.60. The van der Waals surface area contributed by atoms with Crippen molar-refractivity contribution in [3.05, 3.63) is 31.8 Å². The second kappa shape index (κ2) is 8.87. The number of carbonyl (C=O) groups excluding carboxylic acids is 1. The van der Waals surface area contributed by atoms with Crippen LogP contribution in [0.1, 0.15) is 29.6 Å². The lowest BCUT2D eigenvalue weighted by Gasteiger charge is -2.07. The standard InChI is InChI=1S/C13H17BrINO2/c1-18-8-4-2-3-7-16-13(17)11-9-10(15)5-6-12(11)14/h5-6,9H,2-4,7-8H2,1H3,(H,16,17). The molecular weight excluding hydrogens is 409 g/mol. The van der Waals surface area contributed by atoms with Crippen LogP contribution in [0.4, 0.5) is 0 Å². The number of nitrogens with one attached hydrogen (secondary N) is 1. The summed E-state index contributed by atoms with van der Waals surface area (Å²) in [7, 11) is 1.70. The van der Waals surface area contributed by atoms with Crippen molar-refractivity contribution in [1.82, 2.24) is 5.32 Å². The molecule has 1 rings (SSSR count). The lowest BCUT2D eigenvalue weighted by Crippen LogP contribution is -2.24. The van der Waals surface area contributed by atoms with E-state index in [1.54, 1.807) is 7.11 Å². The van der Waals surface area contributed by atoms with E-state index in [1.165, 1.54) is 0 Å². The quantitative estimate of drug-likeness (QED) is 0.535. The van der Waals surface area contributed by atoms with E-state index in [-0.39, 0.29) is 5.91 Å². The van der Waals surface area contributed by atoms with Gasteiger partial charge in [-0.1, -0.05) is 0 Å². The highest BCUT2D eigenvalue weighted by Gasteiger charge is 2.09. The fraction of sp³-hybridized carbons (Fsp3) is 0.462. The normalized spacial score (nSPS) is 10.4. The number of rotatable bonds is 7. The first-order chi connectivity index (χ1) is 8.65. The molecule has 0 unspecified atom stereocenters. The van der Waals surface area contributed by atoms with Crippen molar-refractivity contribution >= 4 is 44.4 Å². The number of ether oxygens (including phenoxy) is 1. The number of unbranched alkanes of at least 4 members (excludes halogenated alkanes) is 2. The highest BCUT2D eigenvalue weighted by Crippen LogP contribution is 2.19. The largest absolute Gasteiger partial charge is 0.385 e. The van der Waals surface area contributed by atoms with E-state index in [0.717, 1.165) is 33.9 Å². The van der Waals surface area contributed by atoms with Crippen LogP contribution in [0.2, 0.25) is 0 Å². The van der Waals surface area contributed by atoms with Crippen LogP contribution in [0.5, 0.6) is 0 Å². The molecule has 1 aromatic carbocycles. The van der Waals surface area contributed by atoms with Crippen LogP contribution in [0.3, 0.4) is 0 Å². The minimum atomic E-state index is -0.0212. The molecule has 100 valence electrons. The monoisotopic (exact) mass is 425 g/mol. The molecule has 0 aliphatic heterocycles. The smallest absolute Gasteiger partial charge is 0.252 e. The van der Waals surface area contributed by atoms with Gasteiger partial charge in [0.2, 0.25) is 0 Å². The lowest BCUT2D eigenvalue weighted by molar-refractivity contribution is 0.0952. The summed E-state index contributed by atoms with van der Waals surface area (Å²) in [6.45, 7) is 1.50. The highest BCUT2D eigenvalue weighted by atomic mass is 127. The zero-order chi connectivity index (χ0) is 13.4. The summed E-state index contributed by atoms with van der Waals surface area (Å²) in [5, 5.41) is 2.93. The molecular formula is C13H17BrINO2. The van der Waals surface area contributed by atoms with Crippen molar-refractivity contribution in [2.24, 2.45) is 0 Å². The summed E-state index contributed by atoms with van der Waals surface area (Å²) >= 11 is 5.59. The molecule has 0 saturated carbocycles. The molecule has 1 amide bonds. The second-order valence-corrected chi connectivity index (χ2v) is 6.03. The summed E-state index contributed by atoms with van der Waals surface area (Å²) < 4.78 is 6.86. The minimum Gasteiger partial charge on any atom is -0.385 e. The maximum Gasteiger partial charge on any atom is 0.252 e. The van der Waals surface area contributed by atoms with Crippen LogP contribution in [0.15, 0.2) is 22.7 Å². The van der Waals surface area contributed by atoms with Gasteiger partial charge in [0, 0.05) is 28.3 Å². The van der Waals surface area contributed by atoms with Crippen LogP contribution in [0.25, 0.3) is 0 Å². The predicted molar refractivity (Wildman–Crippen MR) is 84.9 cm³/mol. The zero-order valence-corrected chi connectivity index (χ0v) is 14.1. The molecule has 0 atom stereocenters. The minimum absolute atomic E-state index is 0.0212. The van der Waals surface area contributed by atoms with E-state index in [4.69, 9.17) is 4.74 Å². The Balaban J connectivity index is 2.34. The molecule has 0 saturated heterocycles. The van der Waals surface area contributed by atoms with Gasteiger partial charge in [0.05, 0.1) is 5.56 Å². The van der Waals surface area contributed by atoms with E-state index >= 15 is 0 Å². The number of methoxy groups -OCH3 is 1. The van der Waals surface area contributed by atoms with Gasteiger partial charge in [-0.3, -0.25) is 4.79 Å². The Morgan fingerprint density at radius 1 is 1.39 bits per heavy atom. The first-order valence-electron chi connectivity index (χ1n) is 5.87. The third-order valence-corrected chi connectivity index (χ3v) is 3.85. The van der Waals surface area contributed by atoms with Gasteiger partial charge in [0.15, 0.2) is 0 Å². The Bertz CT molecular complexity index is 399. The van der Waals surface area contributed by atoms with Gasteiger partial charge in [0.1, 0.15) is 0 Å². The average Bonchev–Trinajstić information content (AvgIpc) is 2.36. The fourth-order valence-electron chi connectivity index (χ4n) is 1.52. The average molecular weight is 426 g/mol. The molecule has 0 radical (unpaired) electrons. The van der Waals surface area contributed by atoms with Crippen molar-refractivity contribution in [2.75, 3.05) is 20.3 Å². The molecule has 5 heteroatoms. The van der Waals surface area contributed by atoms with E-state index in [0.29, 0.717) is 12.1 Å². The summed E-state index contributed by atoms with van der Waals surface area (Å²) in [5.41, 5.74) is 0.693.